The lowest BCUT2D eigenvalue weighted by molar-refractivity contribution is 0.545. The average Bonchev–Trinajstić information content (AvgIpc) is 2.46. The van der Waals surface area contributed by atoms with Gasteiger partial charge in [-0.3, -0.25) is 0 Å². The Morgan fingerprint density at radius 1 is 0.952 bits per heavy atom. The molecule has 21 heavy (non-hydrogen) atoms. The van der Waals surface area contributed by atoms with Crippen LogP contribution >= 0.6 is 0 Å². The van der Waals surface area contributed by atoms with Crippen LogP contribution in [0.25, 0.3) is 0 Å². The Morgan fingerprint density at radius 2 is 1.62 bits per heavy atom. The molecule has 2 heteroatoms. The lowest BCUT2D eigenvalue weighted by Crippen LogP contribution is -2.25. The van der Waals surface area contributed by atoms with Crippen LogP contribution in [0.5, 0.6) is 0 Å². The van der Waals surface area contributed by atoms with E-state index in [1.54, 1.807) is 6.07 Å². The number of nitrogens with one attached hydrogen (secondary N) is 1. The van der Waals surface area contributed by atoms with Crippen LogP contribution in [-0.2, 0) is 0 Å². The Labute approximate surface area is 127 Å². The summed E-state index contributed by atoms with van der Waals surface area (Å²) < 4.78 is 14.2. The molecule has 0 aliphatic rings. The second-order valence-corrected chi connectivity index (χ2v) is 5.70. The highest BCUT2D eigenvalue weighted by atomic mass is 19.1. The van der Waals surface area contributed by atoms with Crippen LogP contribution in [-0.4, -0.2) is 6.54 Å². The Bertz CT molecular complexity index is 619. The number of hydrogen-bond acceptors (Lipinski definition) is 1. The van der Waals surface area contributed by atoms with Crippen LogP contribution in [0.4, 0.5) is 4.39 Å². The van der Waals surface area contributed by atoms with Gasteiger partial charge in [-0.15, -0.1) is 0 Å². The SMILES string of the molecule is CCCNC(c1cc(C)c(C)cc1C)c1ccccc1F. The van der Waals surface area contributed by atoms with Crippen LogP contribution in [0.15, 0.2) is 36.4 Å². The Kier molecular flexibility index (Phi) is 5.13. The molecule has 0 aliphatic heterocycles. The van der Waals surface area contributed by atoms with Gasteiger partial charge in [0.2, 0.25) is 0 Å². The first-order chi connectivity index (χ1) is 10.0. The van der Waals surface area contributed by atoms with Crippen molar-refractivity contribution in [2.75, 3.05) is 6.54 Å². The van der Waals surface area contributed by atoms with Crippen molar-refractivity contribution in [1.29, 1.82) is 0 Å². The van der Waals surface area contributed by atoms with Crippen molar-refractivity contribution in [1.82, 2.24) is 5.32 Å². The number of halogens is 1. The molecule has 2 aromatic rings. The van der Waals surface area contributed by atoms with E-state index in [2.05, 4.69) is 45.1 Å². The largest absolute Gasteiger partial charge is 0.306 e. The summed E-state index contributed by atoms with van der Waals surface area (Å²) in [4.78, 5) is 0. The Hall–Kier alpha value is -1.67. The molecule has 0 aromatic heterocycles. The second-order valence-electron chi connectivity index (χ2n) is 5.70. The quantitative estimate of drug-likeness (QED) is 0.829. The van der Waals surface area contributed by atoms with Crippen LogP contribution in [0, 0.1) is 26.6 Å². The first kappa shape index (κ1) is 15.7. The van der Waals surface area contributed by atoms with Crippen LogP contribution in [0.1, 0.15) is 47.2 Å². The predicted molar refractivity (Wildman–Crippen MR) is 87.2 cm³/mol. The Balaban J connectivity index is 2.51. The molecule has 112 valence electrons. The van der Waals surface area contributed by atoms with Gasteiger partial charge in [-0.25, -0.2) is 4.39 Å². The van der Waals surface area contributed by atoms with Gasteiger partial charge in [-0.2, -0.15) is 0 Å². The van der Waals surface area contributed by atoms with Gasteiger partial charge in [-0.05, 0) is 62.1 Å². The summed E-state index contributed by atoms with van der Waals surface area (Å²) in [5, 5.41) is 3.49. The maximum atomic E-state index is 14.2. The van der Waals surface area contributed by atoms with E-state index in [1.807, 2.05) is 12.1 Å². The van der Waals surface area contributed by atoms with E-state index >= 15 is 0 Å². The highest BCUT2D eigenvalue weighted by Gasteiger charge is 2.19. The molecule has 1 N–H and O–H groups in total. The summed E-state index contributed by atoms with van der Waals surface area (Å²) in [6.45, 7) is 9.31. The van der Waals surface area contributed by atoms with E-state index in [-0.39, 0.29) is 11.9 Å². The van der Waals surface area contributed by atoms with Crippen molar-refractivity contribution in [2.24, 2.45) is 0 Å². The molecule has 2 rings (SSSR count). The summed E-state index contributed by atoms with van der Waals surface area (Å²) in [5.41, 5.74) is 5.61. The lowest BCUT2D eigenvalue weighted by atomic mass is 9.91. The van der Waals surface area contributed by atoms with Gasteiger partial charge < -0.3 is 5.32 Å². The smallest absolute Gasteiger partial charge is 0.128 e. The molecule has 0 fully saturated rings. The molecule has 0 spiro atoms. The first-order valence-corrected chi connectivity index (χ1v) is 7.60. The molecule has 0 saturated heterocycles. The number of hydrogen-bond donors (Lipinski definition) is 1. The minimum absolute atomic E-state index is 0.0922. The molecule has 1 unspecified atom stereocenters. The minimum Gasteiger partial charge on any atom is -0.306 e. The van der Waals surface area contributed by atoms with E-state index in [1.165, 1.54) is 22.8 Å². The van der Waals surface area contributed by atoms with Crippen molar-refractivity contribution < 1.29 is 4.39 Å². The van der Waals surface area contributed by atoms with Gasteiger partial charge in [0.25, 0.3) is 0 Å². The summed E-state index contributed by atoms with van der Waals surface area (Å²) in [6, 6.07) is 11.3. The third-order valence-corrected chi connectivity index (χ3v) is 4.01. The Morgan fingerprint density at radius 3 is 2.29 bits per heavy atom. The molecule has 0 bridgehead atoms. The fourth-order valence-corrected chi connectivity index (χ4v) is 2.68. The summed E-state index contributed by atoms with van der Waals surface area (Å²) in [6.07, 6.45) is 1.02. The maximum Gasteiger partial charge on any atom is 0.128 e. The van der Waals surface area contributed by atoms with Gasteiger partial charge in [0.1, 0.15) is 5.82 Å². The molecular formula is C19H24FN. The van der Waals surface area contributed by atoms with E-state index in [0.29, 0.717) is 0 Å². The predicted octanol–water partition coefficient (Wildman–Crippen LogP) is 4.84. The molecular weight excluding hydrogens is 261 g/mol. The summed E-state index contributed by atoms with van der Waals surface area (Å²) >= 11 is 0. The minimum atomic E-state index is -0.149. The molecule has 0 radical (unpaired) electrons. The standard InChI is InChI=1S/C19H24FN/c1-5-10-21-19(16-8-6-7-9-18(16)20)17-12-14(3)13(2)11-15(17)4/h6-9,11-12,19,21H,5,10H2,1-4H3. The zero-order valence-corrected chi connectivity index (χ0v) is 13.3. The number of rotatable bonds is 5. The topological polar surface area (TPSA) is 12.0 Å². The van der Waals surface area contributed by atoms with Gasteiger partial charge in [-0.1, -0.05) is 37.3 Å². The van der Waals surface area contributed by atoms with Gasteiger partial charge in [0.15, 0.2) is 0 Å². The molecule has 0 aliphatic carbocycles. The van der Waals surface area contributed by atoms with Crippen molar-refractivity contribution in [3.63, 3.8) is 0 Å². The molecule has 1 atom stereocenters. The average molecular weight is 285 g/mol. The molecule has 2 aromatic carbocycles. The molecule has 0 heterocycles. The van der Waals surface area contributed by atoms with Crippen LogP contribution < -0.4 is 5.32 Å². The maximum absolute atomic E-state index is 14.2. The highest BCUT2D eigenvalue weighted by Crippen LogP contribution is 2.28. The van der Waals surface area contributed by atoms with Crippen molar-refractivity contribution in [3.05, 3.63) is 70.0 Å². The zero-order chi connectivity index (χ0) is 15.4. The zero-order valence-electron chi connectivity index (χ0n) is 13.3. The van der Waals surface area contributed by atoms with Gasteiger partial charge >= 0.3 is 0 Å². The summed E-state index contributed by atoms with van der Waals surface area (Å²) in [5.74, 6) is -0.149. The first-order valence-electron chi connectivity index (χ1n) is 7.60. The van der Waals surface area contributed by atoms with Crippen molar-refractivity contribution in [3.8, 4) is 0 Å². The van der Waals surface area contributed by atoms with Gasteiger partial charge in [0.05, 0.1) is 6.04 Å². The van der Waals surface area contributed by atoms with Crippen molar-refractivity contribution >= 4 is 0 Å². The normalized spacial score (nSPS) is 12.4. The molecule has 0 saturated carbocycles. The fourth-order valence-electron chi connectivity index (χ4n) is 2.68. The van der Waals surface area contributed by atoms with Crippen LogP contribution in [0.3, 0.4) is 0 Å². The van der Waals surface area contributed by atoms with Crippen LogP contribution in [0.2, 0.25) is 0 Å². The molecule has 1 nitrogen and oxygen atoms in total. The number of aryl methyl sites for hydroxylation is 3. The number of benzene rings is 2. The van der Waals surface area contributed by atoms with E-state index in [0.717, 1.165) is 24.1 Å². The van der Waals surface area contributed by atoms with Crippen molar-refractivity contribution in [2.45, 2.75) is 40.2 Å². The monoisotopic (exact) mass is 285 g/mol. The van der Waals surface area contributed by atoms with Gasteiger partial charge in [0, 0.05) is 5.56 Å². The third-order valence-electron chi connectivity index (χ3n) is 4.01. The third kappa shape index (κ3) is 3.51. The fraction of sp³-hybridized carbons (Fsp3) is 0.368. The van der Waals surface area contributed by atoms with E-state index in [4.69, 9.17) is 0 Å². The lowest BCUT2D eigenvalue weighted by Gasteiger charge is -2.23. The molecule has 0 amide bonds. The van der Waals surface area contributed by atoms with E-state index in [9.17, 15) is 4.39 Å². The second kappa shape index (κ2) is 6.86. The van der Waals surface area contributed by atoms with E-state index < -0.39 is 0 Å². The summed E-state index contributed by atoms with van der Waals surface area (Å²) in [7, 11) is 0. The highest BCUT2D eigenvalue weighted by molar-refractivity contribution is 5.42.